The number of rotatable bonds is 6. The van der Waals surface area contributed by atoms with Crippen LogP contribution in [0, 0.1) is 6.92 Å². The molecular weight excluding hydrogens is 306 g/mol. The smallest absolute Gasteiger partial charge is 0.120 e. The van der Waals surface area contributed by atoms with Crippen molar-refractivity contribution >= 4 is 0 Å². The molecule has 134 valence electrons. The largest absolute Gasteiger partial charge is 0.489 e. The quantitative estimate of drug-likeness (QED) is 0.722. The van der Waals surface area contributed by atoms with E-state index in [4.69, 9.17) is 4.74 Å². The minimum Gasteiger partial charge on any atom is -0.489 e. The Hall–Kier alpha value is -1.80. The minimum atomic E-state index is 0.625. The van der Waals surface area contributed by atoms with Crippen LogP contribution < -0.4 is 10.1 Å². The molecule has 1 aliphatic rings. The molecule has 2 aromatic carbocycles. The van der Waals surface area contributed by atoms with Gasteiger partial charge in [0.15, 0.2) is 0 Å². The summed E-state index contributed by atoms with van der Waals surface area (Å²) in [5.74, 6) is 0.956. The fraction of sp³-hybridized carbons (Fsp3) is 0.478. The summed E-state index contributed by atoms with van der Waals surface area (Å²) in [4.78, 5) is 0. The molecule has 0 radical (unpaired) electrons. The van der Waals surface area contributed by atoms with E-state index in [9.17, 15) is 0 Å². The lowest BCUT2D eigenvalue weighted by atomic mass is 9.96. The Kier molecular flexibility index (Phi) is 6.93. The first-order valence-electron chi connectivity index (χ1n) is 9.80. The molecule has 0 unspecified atom stereocenters. The Morgan fingerprint density at radius 2 is 1.60 bits per heavy atom. The van der Waals surface area contributed by atoms with Gasteiger partial charge in [-0.2, -0.15) is 0 Å². The van der Waals surface area contributed by atoms with Gasteiger partial charge in [0.05, 0.1) is 0 Å². The Morgan fingerprint density at radius 3 is 2.36 bits per heavy atom. The third kappa shape index (κ3) is 6.21. The van der Waals surface area contributed by atoms with Gasteiger partial charge in [0, 0.05) is 12.6 Å². The highest BCUT2D eigenvalue weighted by Gasteiger charge is 2.10. The van der Waals surface area contributed by atoms with Crippen molar-refractivity contribution in [1.82, 2.24) is 5.32 Å². The molecule has 25 heavy (non-hydrogen) atoms. The van der Waals surface area contributed by atoms with Crippen LogP contribution in [0.1, 0.15) is 61.6 Å². The third-order valence-electron chi connectivity index (χ3n) is 5.12. The van der Waals surface area contributed by atoms with E-state index < -0.39 is 0 Å². The monoisotopic (exact) mass is 337 g/mol. The summed E-state index contributed by atoms with van der Waals surface area (Å²) in [6.07, 6.45) is 9.62. The number of benzene rings is 2. The molecule has 0 saturated heterocycles. The molecule has 0 heterocycles. The zero-order valence-electron chi connectivity index (χ0n) is 15.5. The van der Waals surface area contributed by atoms with Crippen LogP contribution in [-0.4, -0.2) is 6.04 Å². The van der Waals surface area contributed by atoms with Gasteiger partial charge in [0.2, 0.25) is 0 Å². The molecule has 3 rings (SSSR count). The summed E-state index contributed by atoms with van der Waals surface area (Å²) in [5, 5.41) is 3.76. The van der Waals surface area contributed by atoms with E-state index in [1.807, 2.05) is 6.07 Å². The first-order valence-corrected chi connectivity index (χ1v) is 9.80. The number of ether oxygens (including phenoxy) is 1. The Morgan fingerprint density at radius 1 is 0.880 bits per heavy atom. The van der Waals surface area contributed by atoms with Gasteiger partial charge in [-0.15, -0.1) is 0 Å². The van der Waals surface area contributed by atoms with Gasteiger partial charge >= 0.3 is 0 Å². The highest BCUT2D eigenvalue weighted by Crippen LogP contribution is 2.19. The zero-order chi connectivity index (χ0) is 17.3. The highest BCUT2D eigenvalue weighted by atomic mass is 16.5. The van der Waals surface area contributed by atoms with Crippen LogP contribution in [-0.2, 0) is 13.2 Å². The second kappa shape index (κ2) is 9.62. The first kappa shape index (κ1) is 18.0. The van der Waals surface area contributed by atoms with Gasteiger partial charge in [-0.05, 0) is 43.0 Å². The van der Waals surface area contributed by atoms with Crippen LogP contribution in [0.5, 0.6) is 5.75 Å². The van der Waals surface area contributed by atoms with Crippen LogP contribution in [0.25, 0.3) is 0 Å². The number of hydrogen-bond acceptors (Lipinski definition) is 2. The van der Waals surface area contributed by atoms with E-state index in [1.165, 1.54) is 61.6 Å². The van der Waals surface area contributed by atoms with E-state index in [0.29, 0.717) is 12.6 Å². The summed E-state index contributed by atoms with van der Waals surface area (Å²) in [7, 11) is 0. The maximum Gasteiger partial charge on any atom is 0.120 e. The molecule has 0 aromatic heterocycles. The minimum absolute atomic E-state index is 0.625. The van der Waals surface area contributed by atoms with Gasteiger partial charge < -0.3 is 10.1 Å². The average molecular weight is 338 g/mol. The van der Waals surface area contributed by atoms with E-state index in [-0.39, 0.29) is 0 Å². The Balaban J connectivity index is 1.49. The molecule has 1 saturated carbocycles. The van der Waals surface area contributed by atoms with Crippen molar-refractivity contribution in [3.63, 3.8) is 0 Å². The van der Waals surface area contributed by atoms with E-state index >= 15 is 0 Å². The SMILES string of the molecule is Cc1ccc(COc2cccc(CNC3CCCCCCC3)c2)cc1. The standard InChI is InChI=1S/C23H31NO/c1-19-12-14-20(15-13-19)18-25-23-11-7-8-21(16-23)17-24-22-9-5-3-2-4-6-10-22/h7-8,11-16,22,24H,2-6,9-10,17-18H2,1H3. The molecule has 1 fully saturated rings. The van der Waals surface area contributed by atoms with Crippen molar-refractivity contribution in [2.75, 3.05) is 0 Å². The van der Waals surface area contributed by atoms with Crippen LogP contribution in [0.4, 0.5) is 0 Å². The first-order chi connectivity index (χ1) is 12.3. The maximum absolute atomic E-state index is 5.97. The third-order valence-corrected chi connectivity index (χ3v) is 5.12. The van der Waals surface area contributed by atoms with Gasteiger partial charge in [-0.1, -0.05) is 74.1 Å². The fourth-order valence-electron chi connectivity index (χ4n) is 3.52. The summed E-state index contributed by atoms with van der Waals surface area (Å²) in [6, 6.07) is 17.7. The number of aryl methyl sites for hydroxylation is 1. The van der Waals surface area contributed by atoms with E-state index in [1.54, 1.807) is 0 Å². The number of nitrogens with one attached hydrogen (secondary N) is 1. The van der Waals surface area contributed by atoms with Crippen molar-refractivity contribution in [3.8, 4) is 5.75 Å². The van der Waals surface area contributed by atoms with Gasteiger partial charge in [-0.25, -0.2) is 0 Å². The van der Waals surface area contributed by atoms with Crippen molar-refractivity contribution in [1.29, 1.82) is 0 Å². The summed E-state index contributed by atoms with van der Waals surface area (Å²) < 4.78 is 5.97. The maximum atomic E-state index is 5.97. The molecule has 2 heteroatoms. The molecule has 0 bridgehead atoms. The van der Waals surface area contributed by atoms with Gasteiger partial charge in [0.1, 0.15) is 12.4 Å². The van der Waals surface area contributed by atoms with Gasteiger partial charge in [0.25, 0.3) is 0 Å². The van der Waals surface area contributed by atoms with Crippen LogP contribution >= 0.6 is 0 Å². The molecular formula is C23H31NO. The molecule has 0 atom stereocenters. The second-order valence-electron chi connectivity index (χ2n) is 7.34. The van der Waals surface area contributed by atoms with Crippen LogP contribution in [0.15, 0.2) is 48.5 Å². The molecule has 0 spiro atoms. The zero-order valence-corrected chi connectivity index (χ0v) is 15.5. The number of hydrogen-bond donors (Lipinski definition) is 1. The molecule has 1 N–H and O–H groups in total. The average Bonchev–Trinajstić information content (AvgIpc) is 2.61. The Labute approximate surface area is 152 Å². The molecule has 2 aromatic rings. The van der Waals surface area contributed by atoms with Crippen molar-refractivity contribution in [3.05, 3.63) is 65.2 Å². The van der Waals surface area contributed by atoms with Crippen molar-refractivity contribution in [2.45, 2.75) is 71.1 Å². The summed E-state index contributed by atoms with van der Waals surface area (Å²) in [6.45, 7) is 3.67. The molecule has 0 amide bonds. The molecule has 0 aliphatic heterocycles. The summed E-state index contributed by atoms with van der Waals surface area (Å²) >= 11 is 0. The fourth-order valence-corrected chi connectivity index (χ4v) is 3.52. The van der Waals surface area contributed by atoms with Crippen LogP contribution in [0.2, 0.25) is 0 Å². The van der Waals surface area contributed by atoms with E-state index in [0.717, 1.165) is 12.3 Å². The molecule has 1 aliphatic carbocycles. The van der Waals surface area contributed by atoms with Crippen molar-refractivity contribution < 1.29 is 4.74 Å². The Bertz CT molecular complexity index is 627. The lowest BCUT2D eigenvalue weighted by Crippen LogP contribution is -2.29. The van der Waals surface area contributed by atoms with Crippen molar-refractivity contribution in [2.24, 2.45) is 0 Å². The lowest BCUT2D eigenvalue weighted by Gasteiger charge is -2.21. The topological polar surface area (TPSA) is 21.3 Å². The van der Waals surface area contributed by atoms with E-state index in [2.05, 4.69) is 54.7 Å². The second-order valence-corrected chi connectivity index (χ2v) is 7.34. The predicted molar refractivity (Wildman–Crippen MR) is 105 cm³/mol. The molecule has 2 nitrogen and oxygen atoms in total. The highest BCUT2D eigenvalue weighted by molar-refractivity contribution is 5.29. The van der Waals surface area contributed by atoms with Gasteiger partial charge in [-0.3, -0.25) is 0 Å². The lowest BCUT2D eigenvalue weighted by molar-refractivity contribution is 0.305. The summed E-state index contributed by atoms with van der Waals surface area (Å²) in [5.41, 5.74) is 3.80. The predicted octanol–water partition coefficient (Wildman–Crippen LogP) is 5.78. The van der Waals surface area contributed by atoms with Crippen LogP contribution in [0.3, 0.4) is 0 Å². The normalized spacial score (nSPS) is 16.2.